The van der Waals surface area contributed by atoms with E-state index < -0.39 is 17.7 Å². The number of carbonyl (C=O) groups excluding carboxylic acids is 2. The maximum Gasteiger partial charge on any atom is 0.337 e. The summed E-state index contributed by atoms with van der Waals surface area (Å²) in [6.45, 7) is 0.0209. The summed E-state index contributed by atoms with van der Waals surface area (Å²) in [6, 6.07) is 12.5. The number of rotatable bonds is 7. The van der Waals surface area contributed by atoms with Gasteiger partial charge < -0.3 is 15.5 Å². The number of esters is 1. The van der Waals surface area contributed by atoms with Crippen LogP contribution in [0.1, 0.15) is 37.4 Å². The Morgan fingerprint density at radius 3 is 2.61 bits per heavy atom. The molecule has 0 spiro atoms. The van der Waals surface area contributed by atoms with Crippen molar-refractivity contribution >= 4 is 29.2 Å². The molecule has 158 valence electrons. The van der Waals surface area contributed by atoms with Crippen molar-refractivity contribution in [1.29, 1.82) is 5.41 Å². The predicted molar refractivity (Wildman–Crippen MR) is 115 cm³/mol. The number of carbonyl (C=O) groups is 2. The van der Waals surface area contributed by atoms with Gasteiger partial charge in [-0.05, 0) is 47.0 Å². The molecule has 0 aliphatic carbocycles. The number of nitrogens with zero attached hydrogens (tertiary/aromatic N) is 1. The molecule has 8 heteroatoms. The second kappa shape index (κ2) is 9.95. The van der Waals surface area contributed by atoms with Crippen LogP contribution in [-0.2, 0) is 11.2 Å². The molecule has 0 saturated heterocycles. The lowest BCUT2D eigenvalue weighted by Gasteiger charge is -2.09. The third-order valence-corrected chi connectivity index (χ3v) is 4.76. The second-order valence-corrected chi connectivity index (χ2v) is 7.16. The third-order valence-electron chi connectivity index (χ3n) is 4.52. The molecule has 0 saturated carbocycles. The highest BCUT2D eigenvalue weighted by molar-refractivity contribution is 6.31. The van der Waals surface area contributed by atoms with Crippen molar-refractivity contribution in [1.82, 2.24) is 10.3 Å². The third kappa shape index (κ3) is 5.73. The van der Waals surface area contributed by atoms with Gasteiger partial charge in [0.1, 0.15) is 5.82 Å². The maximum atomic E-state index is 14.4. The van der Waals surface area contributed by atoms with Crippen LogP contribution in [-0.4, -0.2) is 36.2 Å². The lowest BCUT2D eigenvalue weighted by molar-refractivity contribution is 0.0600. The van der Waals surface area contributed by atoms with E-state index in [1.54, 1.807) is 36.5 Å². The average molecular weight is 440 g/mol. The van der Waals surface area contributed by atoms with Crippen molar-refractivity contribution < 1.29 is 18.7 Å². The Balaban J connectivity index is 1.66. The largest absolute Gasteiger partial charge is 0.465 e. The molecule has 0 fully saturated rings. The van der Waals surface area contributed by atoms with Crippen molar-refractivity contribution in [3.63, 3.8) is 0 Å². The molecule has 0 bridgehead atoms. The molecule has 0 radical (unpaired) electrons. The summed E-state index contributed by atoms with van der Waals surface area (Å²) in [5, 5.41) is 11.3. The summed E-state index contributed by atoms with van der Waals surface area (Å²) < 4.78 is 18.9. The van der Waals surface area contributed by atoms with Crippen LogP contribution in [0.3, 0.4) is 0 Å². The molecule has 31 heavy (non-hydrogen) atoms. The summed E-state index contributed by atoms with van der Waals surface area (Å²) >= 11 is 5.93. The number of ether oxygens (including phenoxy) is 1. The minimum atomic E-state index is -0.617. The Kier molecular flexibility index (Phi) is 7.10. The van der Waals surface area contributed by atoms with Gasteiger partial charge in [-0.3, -0.25) is 9.78 Å². The van der Waals surface area contributed by atoms with Gasteiger partial charge in [0.15, 0.2) is 0 Å². The first-order valence-corrected chi connectivity index (χ1v) is 9.67. The molecule has 0 unspecified atom stereocenters. The van der Waals surface area contributed by atoms with E-state index in [9.17, 15) is 14.0 Å². The molecule has 3 rings (SSSR count). The van der Waals surface area contributed by atoms with E-state index in [1.165, 1.54) is 25.4 Å². The van der Waals surface area contributed by atoms with Crippen molar-refractivity contribution in [2.45, 2.75) is 6.42 Å². The Labute approximate surface area is 183 Å². The molecular weight excluding hydrogens is 421 g/mol. The summed E-state index contributed by atoms with van der Waals surface area (Å²) in [4.78, 5) is 28.0. The highest BCUT2D eigenvalue weighted by Gasteiger charge is 2.13. The van der Waals surface area contributed by atoms with Crippen LogP contribution >= 0.6 is 11.6 Å². The van der Waals surface area contributed by atoms with Crippen molar-refractivity contribution in [3.05, 3.63) is 99.6 Å². The van der Waals surface area contributed by atoms with E-state index in [0.717, 1.165) is 6.07 Å². The lowest BCUT2D eigenvalue weighted by Crippen LogP contribution is -2.29. The number of pyridine rings is 1. The molecule has 0 aliphatic rings. The SMILES string of the molecule is COC(=O)c1ccc(Cc2cncc(C(=O)NCC(=N)c3cccc(Cl)c3)c2)c(F)c1. The number of methoxy groups -OCH3 is 1. The Morgan fingerprint density at radius 1 is 1.10 bits per heavy atom. The topological polar surface area (TPSA) is 92.1 Å². The fourth-order valence-corrected chi connectivity index (χ4v) is 3.10. The highest BCUT2D eigenvalue weighted by Crippen LogP contribution is 2.16. The van der Waals surface area contributed by atoms with Crippen molar-refractivity contribution in [3.8, 4) is 0 Å². The lowest BCUT2D eigenvalue weighted by atomic mass is 10.0. The molecular formula is C23H19ClFN3O3. The van der Waals surface area contributed by atoms with Crippen LogP contribution in [0.15, 0.2) is 60.9 Å². The smallest absolute Gasteiger partial charge is 0.337 e. The number of halogens is 2. The van der Waals surface area contributed by atoms with Crippen LogP contribution in [0.2, 0.25) is 5.02 Å². The van der Waals surface area contributed by atoms with Gasteiger partial charge in [0.25, 0.3) is 5.91 Å². The molecule has 2 N–H and O–H groups in total. The van der Waals surface area contributed by atoms with E-state index in [2.05, 4.69) is 15.0 Å². The number of hydrogen-bond donors (Lipinski definition) is 2. The zero-order valence-corrected chi connectivity index (χ0v) is 17.4. The molecule has 2 aromatic carbocycles. The Hall–Kier alpha value is -3.58. The van der Waals surface area contributed by atoms with Gasteiger partial charge in [0.2, 0.25) is 0 Å². The van der Waals surface area contributed by atoms with Crippen LogP contribution < -0.4 is 5.32 Å². The van der Waals surface area contributed by atoms with Gasteiger partial charge in [-0.2, -0.15) is 0 Å². The van der Waals surface area contributed by atoms with Crippen molar-refractivity contribution in [2.24, 2.45) is 0 Å². The minimum absolute atomic E-state index is 0.0209. The summed E-state index contributed by atoms with van der Waals surface area (Å²) in [5.41, 5.74) is 2.23. The van der Waals surface area contributed by atoms with E-state index in [-0.39, 0.29) is 24.2 Å². The van der Waals surface area contributed by atoms with E-state index in [0.29, 0.717) is 27.3 Å². The maximum absolute atomic E-state index is 14.4. The number of amides is 1. The van der Waals surface area contributed by atoms with Gasteiger partial charge in [0, 0.05) is 23.8 Å². The minimum Gasteiger partial charge on any atom is -0.465 e. The molecule has 1 aromatic heterocycles. The van der Waals surface area contributed by atoms with Gasteiger partial charge >= 0.3 is 5.97 Å². The zero-order valence-electron chi connectivity index (χ0n) is 16.6. The van der Waals surface area contributed by atoms with Crippen LogP contribution in [0, 0.1) is 11.2 Å². The van der Waals surface area contributed by atoms with Gasteiger partial charge in [-0.15, -0.1) is 0 Å². The summed E-state index contributed by atoms with van der Waals surface area (Å²) in [6.07, 6.45) is 3.14. The average Bonchev–Trinajstić information content (AvgIpc) is 2.78. The Bertz CT molecular complexity index is 1150. The normalized spacial score (nSPS) is 10.4. The first-order chi connectivity index (χ1) is 14.9. The van der Waals surface area contributed by atoms with Gasteiger partial charge in [0.05, 0.1) is 30.5 Å². The molecule has 1 amide bonds. The van der Waals surface area contributed by atoms with Gasteiger partial charge in [-0.1, -0.05) is 29.8 Å². The number of hydrogen-bond acceptors (Lipinski definition) is 5. The fourth-order valence-electron chi connectivity index (χ4n) is 2.91. The van der Waals surface area contributed by atoms with Crippen LogP contribution in [0.25, 0.3) is 0 Å². The zero-order chi connectivity index (χ0) is 22.4. The fraction of sp³-hybridized carbons (Fsp3) is 0.130. The molecule has 0 atom stereocenters. The number of nitrogens with one attached hydrogen (secondary N) is 2. The summed E-state index contributed by atoms with van der Waals surface area (Å²) in [7, 11) is 1.23. The van der Waals surface area contributed by atoms with Gasteiger partial charge in [-0.25, -0.2) is 9.18 Å². The van der Waals surface area contributed by atoms with Crippen molar-refractivity contribution in [2.75, 3.05) is 13.7 Å². The number of aromatic nitrogens is 1. The molecule has 0 aliphatic heterocycles. The van der Waals surface area contributed by atoms with Crippen LogP contribution in [0.5, 0.6) is 0 Å². The van der Waals surface area contributed by atoms with E-state index >= 15 is 0 Å². The highest BCUT2D eigenvalue weighted by atomic mass is 35.5. The number of benzene rings is 2. The summed E-state index contributed by atoms with van der Waals surface area (Å²) in [5.74, 6) is -1.57. The molecule has 6 nitrogen and oxygen atoms in total. The standard InChI is InChI=1S/C23H19ClFN3O3/c1-31-23(30)17-6-5-15(20(25)10-17)7-14-8-18(12-27-11-14)22(29)28-13-21(26)16-3-2-4-19(24)9-16/h2-6,8-12,26H,7,13H2,1H3,(H,28,29). The molecule has 3 aromatic rings. The van der Waals surface area contributed by atoms with E-state index in [1.807, 2.05) is 0 Å². The first kappa shape index (κ1) is 22.1. The second-order valence-electron chi connectivity index (χ2n) is 6.73. The van der Waals surface area contributed by atoms with E-state index in [4.69, 9.17) is 17.0 Å². The van der Waals surface area contributed by atoms with Crippen LogP contribution in [0.4, 0.5) is 4.39 Å². The first-order valence-electron chi connectivity index (χ1n) is 9.29. The quantitative estimate of drug-likeness (QED) is 0.429. The monoisotopic (exact) mass is 439 g/mol. The predicted octanol–water partition coefficient (Wildman–Crippen LogP) is 4.05. The molecule has 1 heterocycles. The Morgan fingerprint density at radius 2 is 1.90 bits per heavy atom.